The summed E-state index contributed by atoms with van der Waals surface area (Å²) in [5.41, 5.74) is 2.29. The SMILES string of the molecule is CCC(C(=O)NC1CCCC1)N(Cc1ccccc1)C(=O)CN(c1ccc(C)cc1)S(C)(=O)=O. The molecule has 2 aromatic carbocycles. The number of carbonyl (C=O) groups is 2. The third kappa shape index (κ3) is 6.82. The van der Waals surface area contributed by atoms with Crippen LogP contribution in [0.3, 0.4) is 0 Å². The molecule has 1 N–H and O–H groups in total. The second-order valence-corrected chi connectivity index (χ2v) is 10.9. The predicted molar refractivity (Wildman–Crippen MR) is 135 cm³/mol. The van der Waals surface area contributed by atoms with Crippen molar-refractivity contribution in [3.05, 3.63) is 65.7 Å². The lowest BCUT2D eigenvalue weighted by molar-refractivity contribution is -0.140. The highest BCUT2D eigenvalue weighted by molar-refractivity contribution is 7.92. The van der Waals surface area contributed by atoms with Crippen molar-refractivity contribution < 1.29 is 18.0 Å². The van der Waals surface area contributed by atoms with Crippen LogP contribution < -0.4 is 9.62 Å². The minimum Gasteiger partial charge on any atom is -0.352 e. The van der Waals surface area contributed by atoms with Crippen LogP contribution in [0.25, 0.3) is 0 Å². The number of nitrogens with one attached hydrogen (secondary N) is 1. The Morgan fingerprint density at radius 2 is 1.65 bits per heavy atom. The van der Waals surface area contributed by atoms with E-state index in [4.69, 9.17) is 0 Å². The van der Waals surface area contributed by atoms with E-state index < -0.39 is 22.0 Å². The third-order valence-electron chi connectivity index (χ3n) is 6.28. The summed E-state index contributed by atoms with van der Waals surface area (Å²) in [6.45, 7) is 3.64. The topological polar surface area (TPSA) is 86.8 Å². The van der Waals surface area contributed by atoms with Gasteiger partial charge in [0.2, 0.25) is 21.8 Å². The Kier molecular flexibility index (Phi) is 8.72. The van der Waals surface area contributed by atoms with Crippen molar-refractivity contribution in [1.82, 2.24) is 10.2 Å². The molecule has 2 aromatic rings. The predicted octanol–water partition coefficient (Wildman–Crippen LogP) is 3.63. The molecule has 3 rings (SSSR count). The van der Waals surface area contributed by atoms with Crippen LogP contribution in [-0.2, 0) is 26.2 Å². The maximum absolute atomic E-state index is 13.6. The maximum Gasteiger partial charge on any atom is 0.244 e. The fourth-order valence-corrected chi connectivity index (χ4v) is 5.24. The van der Waals surface area contributed by atoms with Gasteiger partial charge in [-0.2, -0.15) is 0 Å². The minimum absolute atomic E-state index is 0.135. The van der Waals surface area contributed by atoms with Gasteiger partial charge in [-0.25, -0.2) is 8.42 Å². The summed E-state index contributed by atoms with van der Waals surface area (Å²) < 4.78 is 26.3. The van der Waals surface area contributed by atoms with E-state index >= 15 is 0 Å². The van der Waals surface area contributed by atoms with E-state index in [9.17, 15) is 18.0 Å². The standard InChI is InChI=1S/C26H35N3O4S/c1-4-24(26(31)27-22-12-8-9-13-22)28(18-21-10-6-5-7-11-21)25(30)19-29(34(3,32)33)23-16-14-20(2)15-17-23/h5-7,10-11,14-17,22,24H,4,8-9,12-13,18-19H2,1-3H3,(H,27,31). The number of anilines is 1. The number of carbonyl (C=O) groups excluding carboxylic acids is 2. The quantitative estimate of drug-likeness (QED) is 0.557. The highest BCUT2D eigenvalue weighted by Gasteiger charge is 2.32. The van der Waals surface area contributed by atoms with Crippen LogP contribution in [-0.4, -0.2) is 50.0 Å². The van der Waals surface area contributed by atoms with Crippen LogP contribution in [0, 0.1) is 6.92 Å². The molecule has 0 saturated heterocycles. The molecule has 0 radical (unpaired) electrons. The van der Waals surface area contributed by atoms with Gasteiger partial charge < -0.3 is 10.2 Å². The van der Waals surface area contributed by atoms with E-state index in [1.165, 1.54) is 4.90 Å². The summed E-state index contributed by atoms with van der Waals surface area (Å²) in [7, 11) is -3.72. The molecule has 0 aromatic heterocycles. The summed E-state index contributed by atoms with van der Waals surface area (Å²) in [6.07, 6.45) is 5.60. The summed E-state index contributed by atoms with van der Waals surface area (Å²) >= 11 is 0. The van der Waals surface area contributed by atoms with Crippen molar-refractivity contribution in [1.29, 1.82) is 0 Å². The molecule has 1 atom stereocenters. The van der Waals surface area contributed by atoms with Crippen molar-refractivity contribution in [2.24, 2.45) is 0 Å². The van der Waals surface area contributed by atoms with E-state index in [0.717, 1.165) is 47.4 Å². The average Bonchev–Trinajstić information content (AvgIpc) is 3.31. The summed E-state index contributed by atoms with van der Waals surface area (Å²) in [5, 5.41) is 3.11. The Morgan fingerprint density at radius 3 is 2.21 bits per heavy atom. The number of hydrogen-bond acceptors (Lipinski definition) is 4. The zero-order valence-electron chi connectivity index (χ0n) is 20.2. The largest absolute Gasteiger partial charge is 0.352 e. The minimum atomic E-state index is -3.72. The number of nitrogens with zero attached hydrogens (tertiary/aromatic N) is 2. The zero-order valence-corrected chi connectivity index (χ0v) is 21.1. The van der Waals surface area contributed by atoms with E-state index in [2.05, 4.69) is 5.32 Å². The molecule has 1 saturated carbocycles. The first-order valence-corrected chi connectivity index (χ1v) is 13.7. The Morgan fingerprint density at radius 1 is 1.03 bits per heavy atom. The molecule has 2 amide bonds. The van der Waals surface area contributed by atoms with Gasteiger partial charge >= 0.3 is 0 Å². The second-order valence-electron chi connectivity index (χ2n) is 9.03. The number of aryl methyl sites for hydroxylation is 1. The van der Waals surface area contributed by atoms with Gasteiger partial charge in [0, 0.05) is 12.6 Å². The number of benzene rings is 2. The van der Waals surface area contributed by atoms with Crippen molar-refractivity contribution >= 4 is 27.5 Å². The van der Waals surface area contributed by atoms with Crippen LogP contribution in [0.5, 0.6) is 0 Å². The number of rotatable bonds is 10. The molecule has 0 bridgehead atoms. The van der Waals surface area contributed by atoms with Gasteiger partial charge in [-0.15, -0.1) is 0 Å². The Bertz CT molecular complexity index is 1060. The van der Waals surface area contributed by atoms with Gasteiger partial charge in [-0.05, 0) is 43.9 Å². The van der Waals surface area contributed by atoms with Crippen LogP contribution in [0.4, 0.5) is 5.69 Å². The highest BCUT2D eigenvalue weighted by atomic mass is 32.2. The first-order valence-electron chi connectivity index (χ1n) is 11.9. The van der Waals surface area contributed by atoms with Crippen LogP contribution >= 0.6 is 0 Å². The molecule has 0 heterocycles. The average molecular weight is 486 g/mol. The first-order chi connectivity index (χ1) is 16.2. The molecule has 0 spiro atoms. The number of hydrogen-bond donors (Lipinski definition) is 1. The molecule has 184 valence electrons. The van der Waals surface area contributed by atoms with Crippen molar-refractivity contribution in [3.8, 4) is 0 Å². The maximum atomic E-state index is 13.6. The summed E-state index contributed by atoms with van der Waals surface area (Å²) in [4.78, 5) is 28.4. The van der Waals surface area contributed by atoms with Gasteiger partial charge in [0.05, 0.1) is 11.9 Å². The van der Waals surface area contributed by atoms with Gasteiger partial charge in [0.15, 0.2) is 0 Å². The summed E-state index contributed by atoms with van der Waals surface area (Å²) in [5.74, 6) is -0.594. The van der Waals surface area contributed by atoms with Crippen molar-refractivity contribution in [2.75, 3.05) is 17.1 Å². The normalized spacial score (nSPS) is 15.0. The molecule has 1 aliphatic carbocycles. The summed E-state index contributed by atoms with van der Waals surface area (Å²) in [6, 6.07) is 15.9. The van der Waals surface area contributed by atoms with Crippen LogP contribution in [0.1, 0.15) is 50.2 Å². The molecule has 0 aliphatic heterocycles. The van der Waals surface area contributed by atoms with Gasteiger partial charge in [-0.3, -0.25) is 13.9 Å². The van der Waals surface area contributed by atoms with Crippen molar-refractivity contribution in [2.45, 2.75) is 64.6 Å². The zero-order chi connectivity index (χ0) is 24.7. The molecule has 34 heavy (non-hydrogen) atoms. The highest BCUT2D eigenvalue weighted by Crippen LogP contribution is 2.21. The fraction of sp³-hybridized carbons (Fsp3) is 0.462. The van der Waals surface area contributed by atoms with Crippen molar-refractivity contribution in [3.63, 3.8) is 0 Å². The Balaban J connectivity index is 1.89. The van der Waals surface area contributed by atoms with Gasteiger partial charge in [0.25, 0.3) is 0 Å². The second kappa shape index (κ2) is 11.5. The van der Waals surface area contributed by atoms with Crippen LogP contribution in [0.15, 0.2) is 54.6 Å². The third-order valence-corrected chi connectivity index (χ3v) is 7.42. The number of sulfonamides is 1. The lowest BCUT2D eigenvalue weighted by Gasteiger charge is -2.33. The van der Waals surface area contributed by atoms with E-state index in [0.29, 0.717) is 12.1 Å². The Labute approximate surface area is 203 Å². The van der Waals surface area contributed by atoms with Crippen LogP contribution in [0.2, 0.25) is 0 Å². The molecule has 8 heteroatoms. The molecular formula is C26H35N3O4S. The van der Waals surface area contributed by atoms with Gasteiger partial charge in [0.1, 0.15) is 12.6 Å². The lowest BCUT2D eigenvalue weighted by Crippen LogP contribution is -2.53. The molecule has 7 nitrogen and oxygen atoms in total. The first kappa shape index (κ1) is 25.7. The molecule has 1 unspecified atom stereocenters. The van der Waals surface area contributed by atoms with E-state index in [1.807, 2.05) is 56.3 Å². The molecule has 1 fully saturated rings. The van der Waals surface area contributed by atoms with Gasteiger partial charge in [-0.1, -0.05) is 67.8 Å². The number of amides is 2. The van der Waals surface area contributed by atoms with E-state index in [1.54, 1.807) is 12.1 Å². The van der Waals surface area contributed by atoms with E-state index in [-0.39, 0.29) is 25.0 Å². The molecule has 1 aliphatic rings. The smallest absolute Gasteiger partial charge is 0.244 e. The fourth-order valence-electron chi connectivity index (χ4n) is 4.39. The monoisotopic (exact) mass is 485 g/mol. The Hall–Kier alpha value is -2.87. The lowest BCUT2D eigenvalue weighted by atomic mass is 10.1. The molecular weight excluding hydrogens is 450 g/mol.